The standard InChI is InChI=1S/C23H26N4O2/c1-15(2)21(22-24-18-6-4-5-7-19(18)25-22)26-23(28)17-8-9-20-16(14-17)10-11-27(20)12-13-29-3/h4-11,14-15,21H,12-13H2,1-3H3,(H,24,25)(H,26,28). The first-order chi connectivity index (χ1) is 14.1. The van der Waals surface area contributed by atoms with Crippen LogP contribution in [0.2, 0.25) is 0 Å². The van der Waals surface area contributed by atoms with Crippen molar-refractivity contribution >= 4 is 27.8 Å². The van der Waals surface area contributed by atoms with E-state index < -0.39 is 0 Å². The number of nitrogens with one attached hydrogen (secondary N) is 2. The van der Waals surface area contributed by atoms with Gasteiger partial charge in [-0.05, 0) is 42.3 Å². The molecular weight excluding hydrogens is 364 g/mol. The van der Waals surface area contributed by atoms with E-state index in [1.165, 1.54) is 0 Å². The summed E-state index contributed by atoms with van der Waals surface area (Å²) in [6, 6.07) is 15.5. The van der Waals surface area contributed by atoms with E-state index in [4.69, 9.17) is 4.74 Å². The van der Waals surface area contributed by atoms with Gasteiger partial charge in [0.15, 0.2) is 0 Å². The highest BCUT2D eigenvalue weighted by atomic mass is 16.5. The first kappa shape index (κ1) is 19.2. The Labute approximate surface area is 169 Å². The van der Waals surface area contributed by atoms with E-state index in [9.17, 15) is 4.79 Å². The van der Waals surface area contributed by atoms with Crippen LogP contribution >= 0.6 is 0 Å². The second kappa shape index (κ2) is 8.09. The molecule has 1 atom stereocenters. The zero-order valence-electron chi connectivity index (χ0n) is 17.0. The molecule has 2 aromatic carbocycles. The molecule has 0 aliphatic rings. The number of carbonyl (C=O) groups is 1. The van der Waals surface area contributed by atoms with E-state index in [1.54, 1.807) is 7.11 Å². The number of benzene rings is 2. The van der Waals surface area contributed by atoms with Gasteiger partial charge in [0.1, 0.15) is 5.82 Å². The van der Waals surface area contributed by atoms with Crippen LogP contribution in [0.25, 0.3) is 21.9 Å². The minimum Gasteiger partial charge on any atom is -0.383 e. The van der Waals surface area contributed by atoms with Crippen molar-refractivity contribution in [2.24, 2.45) is 5.92 Å². The minimum absolute atomic E-state index is 0.101. The highest BCUT2D eigenvalue weighted by Gasteiger charge is 2.22. The Bertz CT molecular complexity index is 1110. The summed E-state index contributed by atoms with van der Waals surface area (Å²) in [5.41, 5.74) is 3.61. The molecule has 0 saturated carbocycles. The van der Waals surface area contributed by atoms with Crippen molar-refractivity contribution in [1.82, 2.24) is 19.9 Å². The van der Waals surface area contributed by atoms with E-state index in [1.807, 2.05) is 54.7 Å². The number of H-pyrrole nitrogens is 1. The average molecular weight is 390 g/mol. The third-order valence-electron chi connectivity index (χ3n) is 5.23. The maximum atomic E-state index is 13.0. The van der Waals surface area contributed by atoms with Gasteiger partial charge in [-0.15, -0.1) is 0 Å². The molecule has 2 aromatic heterocycles. The molecule has 2 heterocycles. The van der Waals surface area contributed by atoms with Crippen molar-refractivity contribution in [2.45, 2.75) is 26.4 Å². The van der Waals surface area contributed by atoms with Crippen LogP contribution in [-0.4, -0.2) is 34.2 Å². The number of nitrogens with zero attached hydrogens (tertiary/aromatic N) is 2. The largest absolute Gasteiger partial charge is 0.383 e. The van der Waals surface area contributed by atoms with Crippen molar-refractivity contribution in [1.29, 1.82) is 0 Å². The molecule has 150 valence electrons. The van der Waals surface area contributed by atoms with Gasteiger partial charge in [0, 0.05) is 36.3 Å². The Hall–Kier alpha value is -3.12. The summed E-state index contributed by atoms with van der Waals surface area (Å²) in [5.74, 6) is 0.871. The molecule has 6 heteroatoms. The number of rotatable bonds is 7. The summed E-state index contributed by atoms with van der Waals surface area (Å²) in [6.07, 6.45) is 2.02. The van der Waals surface area contributed by atoms with Crippen molar-refractivity contribution in [3.05, 3.63) is 66.1 Å². The number of para-hydroxylation sites is 2. The highest BCUT2D eigenvalue weighted by molar-refractivity contribution is 5.98. The van der Waals surface area contributed by atoms with Crippen LogP contribution < -0.4 is 5.32 Å². The highest BCUT2D eigenvalue weighted by Crippen LogP contribution is 2.24. The Kier molecular flexibility index (Phi) is 5.36. The lowest BCUT2D eigenvalue weighted by Crippen LogP contribution is -2.32. The van der Waals surface area contributed by atoms with Gasteiger partial charge >= 0.3 is 0 Å². The monoisotopic (exact) mass is 390 g/mol. The third-order valence-corrected chi connectivity index (χ3v) is 5.23. The van der Waals surface area contributed by atoms with Crippen LogP contribution in [0.3, 0.4) is 0 Å². The number of fused-ring (bicyclic) bond motifs is 2. The number of aromatic nitrogens is 3. The number of imidazole rings is 1. The second-order valence-electron chi connectivity index (χ2n) is 7.61. The topological polar surface area (TPSA) is 71.9 Å². The maximum absolute atomic E-state index is 13.0. The molecule has 4 aromatic rings. The predicted octanol–water partition coefficient (Wildman–Crippen LogP) is 4.29. The number of carbonyl (C=O) groups excluding carboxylic acids is 1. The molecule has 0 spiro atoms. The van der Waals surface area contributed by atoms with E-state index in [2.05, 4.69) is 33.7 Å². The minimum atomic E-state index is -0.197. The molecule has 0 radical (unpaired) electrons. The Balaban J connectivity index is 1.57. The van der Waals surface area contributed by atoms with E-state index >= 15 is 0 Å². The van der Waals surface area contributed by atoms with Crippen molar-refractivity contribution in [2.75, 3.05) is 13.7 Å². The molecule has 4 rings (SSSR count). The van der Waals surface area contributed by atoms with E-state index in [0.717, 1.165) is 34.3 Å². The van der Waals surface area contributed by atoms with Gasteiger partial charge in [-0.3, -0.25) is 4.79 Å². The predicted molar refractivity (Wildman–Crippen MR) is 115 cm³/mol. The molecule has 2 N–H and O–H groups in total. The van der Waals surface area contributed by atoms with Crippen LogP contribution in [0.4, 0.5) is 0 Å². The second-order valence-corrected chi connectivity index (χ2v) is 7.61. The zero-order chi connectivity index (χ0) is 20.4. The summed E-state index contributed by atoms with van der Waals surface area (Å²) >= 11 is 0. The average Bonchev–Trinajstić information content (AvgIpc) is 3.33. The molecule has 0 aliphatic heterocycles. The summed E-state index contributed by atoms with van der Waals surface area (Å²) in [7, 11) is 1.70. The first-order valence-corrected chi connectivity index (χ1v) is 9.90. The van der Waals surface area contributed by atoms with Gasteiger partial charge in [-0.25, -0.2) is 4.98 Å². The number of aromatic amines is 1. The molecule has 0 saturated heterocycles. The lowest BCUT2D eigenvalue weighted by atomic mass is 10.0. The fourth-order valence-electron chi connectivity index (χ4n) is 3.62. The summed E-state index contributed by atoms with van der Waals surface area (Å²) in [5, 5.41) is 4.20. The Morgan fingerprint density at radius 2 is 2.03 bits per heavy atom. The lowest BCUT2D eigenvalue weighted by molar-refractivity contribution is 0.0923. The molecule has 1 amide bonds. The molecule has 1 unspecified atom stereocenters. The van der Waals surface area contributed by atoms with Gasteiger partial charge in [-0.2, -0.15) is 0 Å². The zero-order valence-corrected chi connectivity index (χ0v) is 17.0. The number of hydrogen-bond donors (Lipinski definition) is 2. The number of hydrogen-bond acceptors (Lipinski definition) is 3. The van der Waals surface area contributed by atoms with Crippen molar-refractivity contribution in [3.8, 4) is 0 Å². The molecule has 29 heavy (non-hydrogen) atoms. The fourth-order valence-corrected chi connectivity index (χ4v) is 3.62. The SMILES string of the molecule is COCCn1ccc2cc(C(=O)NC(c3nc4ccccc4[nH]3)C(C)C)ccc21. The fraction of sp³-hybridized carbons (Fsp3) is 0.304. The molecule has 6 nitrogen and oxygen atoms in total. The first-order valence-electron chi connectivity index (χ1n) is 9.90. The van der Waals surface area contributed by atoms with Crippen LogP contribution in [0, 0.1) is 5.92 Å². The van der Waals surface area contributed by atoms with Crippen LogP contribution in [-0.2, 0) is 11.3 Å². The van der Waals surface area contributed by atoms with Gasteiger partial charge in [0.2, 0.25) is 0 Å². The summed E-state index contributed by atoms with van der Waals surface area (Å²) in [6.45, 7) is 5.60. The van der Waals surface area contributed by atoms with Crippen molar-refractivity contribution < 1.29 is 9.53 Å². The third kappa shape index (κ3) is 3.89. The van der Waals surface area contributed by atoms with Gasteiger partial charge in [-0.1, -0.05) is 26.0 Å². The summed E-state index contributed by atoms with van der Waals surface area (Å²) in [4.78, 5) is 21.0. The molecule has 0 aliphatic carbocycles. The quantitative estimate of drug-likeness (QED) is 0.494. The van der Waals surface area contributed by atoms with Crippen LogP contribution in [0.5, 0.6) is 0 Å². The van der Waals surface area contributed by atoms with Gasteiger partial charge in [0.25, 0.3) is 5.91 Å². The van der Waals surface area contributed by atoms with Gasteiger partial charge < -0.3 is 19.6 Å². The maximum Gasteiger partial charge on any atom is 0.251 e. The number of methoxy groups -OCH3 is 1. The molecule has 0 bridgehead atoms. The Morgan fingerprint density at radius 1 is 1.21 bits per heavy atom. The normalized spacial score (nSPS) is 12.7. The van der Waals surface area contributed by atoms with Crippen molar-refractivity contribution in [3.63, 3.8) is 0 Å². The Morgan fingerprint density at radius 3 is 2.79 bits per heavy atom. The molecule has 0 fully saturated rings. The van der Waals surface area contributed by atoms with Gasteiger partial charge in [0.05, 0.1) is 23.7 Å². The number of ether oxygens (including phenoxy) is 1. The number of amides is 1. The van der Waals surface area contributed by atoms with E-state index in [0.29, 0.717) is 12.2 Å². The van der Waals surface area contributed by atoms with E-state index in [-0.39, 0.29) is 17.9 Å². The smallest absolute Gasteiger partial charge is 0.251 e. The lowest BCUT2D eigenvalue weighted by Gasteiger charge is -2.20. The van der Waals surface area contributed by atoms with Crippen LogP contribution in [0.1, 0.15) is 36.1 Å². The summed E-state index contributed by atoms with van der Waals surface area (Å²) < 4.78 is 7.29. The molecular formula is C23H26N4O2. The van der Waals surface area contributed by atoms with Crippen LogP contribution in [0.15, 0.2) is 54.7 Å².